The van der Waals surface area contributed by atoms with Crippen LogP contribution in [-0.4, -0.2) is 24.0 Å². The Labute approximate surface area is 130 Å². The monoisotopic (exact) mass is 307 g/mol. The van der Waals surface area contributed by atoms with Gasteiger partial charge in [-0.05, 0) is 37.5 Å². The topological polar surface area (TPSA) is 55.4 Å². The largest absolute Gasteiger partial charge is 0.464 e. The zero-order valence-electron chi connectivity index (χ0n) is 12.9. The summed E-state index contributed by atoms with van der Waals surface area (Å²) in [6, 6.07) is 5.93. The maximum atomic E-state index is 13.2. The van der Waals surface area contributed by atoms with Crippen molar-refractivity contribution in [2.75, 3.05) is 6.61 Å². The predicted octanol–water partition coefficient (Wildman–Crippen LogP) is 2.75. The number of halogens is 1. The highest BCUT2D eigenvalue weighted by Gasteiger charge is 2.42. The van der Waals surface area contributed by atoms with E-state index in [2.05, 4.69) is 5.32 Å². The van der Waals surface area contributed by atoms with E-state index in [9.17, 15) is 14.0 Å². The van der Waals surface area contributed by atoms with Crippen LogP contribution in [0.4, 0.5) is 4.39 Å². The van der Waals surface area contributed by atoms with Gasteiger partial charge in [0.1, 0.15) is 11.4 Å². The Kier molecular flexibility index (Phi) is 5.52. The number of benzene rings is 1. The minimum atomic E-state index is -0.918. The number of carbonyl (C=O) groups is 2. The summed E-state index contributed by atoms with van der Waals surface area (Å²) < 4.78 is 18.3. The summed E-state index contributed by atoms with van der Waals surface area (Å²) in [5.41, 5.74) is -0.328. The maximum Gasteiger partial charge on any atom is 0.331 e. The summed E-state index contributed by atoms with van der Waals surface area (Å²) in [5, 5.41) is 2.85. The Morgan fingerprint density at radius 3 is 2.64 bits per heavy atom. The van der Waals surface area contributed by atoms with Crippen LogP contribution in [0.15, 0.2) is 24.3 Å². The fourth-order valence-corrected chi connectivity index (χ4v) is 2.95. The van der Waals surface area contributed by atoms with Crippen molar-refractivity contribution in [1.29, 1.82) is 0 Å². The first-order valence-electron chi connectivity index (χ1n) is 7.78. The van der Waals surface area contributed by atoms with Gasteiger partial charge in [-0.1, -0.05) is 31.4 Å². The third-order valence-electron chi connectivity index (χ3n) is 4.01. The van der Waals surface area contributed by atoms with E-state index in [4.69, 9.17) is 4.74 Å². The Morgan fingerprint density at radius 1 is 1.27 bits per heavy atom. The van der Waals surface area contributed by atoms with Crippen LogP contribution in [0.3, 0.4) is 0 Å². The Hall–Kier alpha value is -1.91. The lowest BCUT2D eigenvalue weighted by Gasteiger charge is -2.35. The molecule has 1 amide bonds. The minimum absolute atomic E-state index is 0.0545. The van der Waals surface area contributed by atoms with Gasteiger partial charge in [0.25, 0.3) is 0 Å². The Balaban J connectivity index is 2.06. The molecule has 1 aliphatic rings. The van der Waals surface area contributed by atoms with Crippen LogP contribution in [-0.2, 0) is 20.7 Å². The van der Waals surface area contributed by atoms with Crippen molar-refractivity contribution in [3.8, 4) is 0 Å². The lowest BCUT2D eigenvalue weighted by molar-refractivity contribution is -0.155. The molecule has 1 saturated carbocycles. The average Bonchev–Trinajstić information content (AvgIpc) is 2.48. The van der Waals surface area contributed by atoms with Crippen molar-refractivity contribution < 1.29 is 18.7 Å². The molecule has 1 fully saturated rings. The molecule has 0 radical (unpaired) electrons. The number of carbonyl (C=O) groups excluding carboxylic acids is 2. The van der Waals surface area contributed by atoms with Crippen molar-refractivity contribution >= 4 is 11.9 Å². The first-order chi connectivity index (χ1) is 10.6. The molecule has 4 nitrogen and oxygen atoms in total. The standard InChI is InChI=1S/C17H22FNO3/c1-2-22-16(21)17(9-4-3-5-10-17)19-15(20)12-13-7-6-8-14(18)11-13/h6-8,11H,2-5,9-10,12H2,1H3,(H,19,20). The van der Waals surface area contributed by atoms with E-state index in [0.29, 0.717) is 25.0 Å². The molecule has 0 unspecified atom stereocenters. The van der Waals surface area contributed by atoms with E-state index >= 15 is 0 Å². The second-order valence-electron chi connectivity index (χ2n) is 5.72. The van der Waals surface area contributed by atoms with Crippen LogP contribution >= 0.6 is 0 Å². The lowest BCUT2D eigenvalue weighted by Crippen LogP contribution is -2.56. The van der Waals surface area contributed by atoms with Crippen molar-refractivity contribution in [3.05, 3.63) is 35.6 Å². The van der Waals surface area contributed by atoms with Gasteiger partial charge < -0.3 is 10.1 Å². The second kappa shape index (κ2) is 7.38. The molecule has 2 rings (SSSR count). The van der Waals surface area contributed by atoms with E-state index in [1.165, 1.54) is 12.1 Å². The molecule has 0 bridgehead atoms. The quantitative estimate of drug-likeness (QED) is 0.851. The van der Waals surface area contributed by atoms with E-state index in [1.807, 2.05) is 0 Å². The molecular weight excluding hydrogens is 285 g/mol. The molecule has 0 heterocycles. The number of rotatable bonds is 5. The highest BCUT2D eigenvalue weighted by molar-refractivity contribution is 5.89. The molecular formula is C17H22FNO3. The number of hydrogen-bond acceptors (Lipinski definition) is 3. The molecule has 0 aliphatic heterocycles. The highest BCUT2D eigenvalue weighted by atomic mass is 19.1. The Bertz CT molecular complexity index is 538. The molecule has 1 aromatic carbocycles. The molecule has 0 saturated heterocycles. The van der Waals surface area contributed by atoms with Gasteiger partial charge in [-0.2, -0.15) is 0 Å². The first kappa shape index (κ1) is 16.5. The zero-order valence-corrected chi connectivity index (χ0v) is 12.9. The van der Waals surface area contributed by atoms with Crippen LogP contribution in [0.5, 0.6) is 0 Å². The number of hydrogen-bond donors (Lipinski definition) is 1. The molecule has 5 heteroatoms. The van der Waals surface area contributed by atoms with E-state index < -0.39 is 5.54 Å². The van der Waals surface area contributed by atoms with Crippen LogP contribution in [0, 0.1) is 5.82 Å². The van der Waals surface area contributed by atoms with Gasteiger partial charge in [-0.3, -0.25) is 4.79 Å². The molecule has 0 atom stereocenters. The molecule has 0 aromatic heterocycles. The molecule has 120 valence electrons. The lowest BCUT2D eigenvalue weighted by atomic mass is 9.81. The number of nitrogens with one attached hydrogen (secondary N) is 1. The maximum absolute atomic E-state index is 13.2. The Morgan fingerprint density at radius 2 is 2.00 bits per heavy atom. The van der Waals surface area contributed by atoms with Crippen molar-refractivity contribution in [3.63, 3.8) is 0 Å². The first-order valence-corrected chi connectivity index (χ1v) is 7.78. The summed E-state index contributed by atoms with van der Waals surface area (Å²) in [4.78, 5) is 24.5. The molecule has 22 heavy (non-hydrogen) atoms. The van der Waals surface area contributed by atoms with Gasteiger partial charge in [0.05, 0.1) is 13.0 Å². The van der Waals surface area contributed by atoms with Crippen LogP contribution < -0.4 is 5.32 Å². The van der Waals surface area contributed by atoms with Crippen LogP contribution in [0.25, 0.3) is 0 Å². The second-order valence-corrected chi connectivity index (χ2v) is 5.72. The van der Waals surface area contributed by atoms with Gasteiger partial charge in [-0.25, -0.2) is 9.18 Å². The summed E-state index contributed by atoms with van der Waals surface area (Å²) >= 11 is 0. The molecule has 1 aromatic rings. The van der Waals surface area contributed by atoms with Gasteiger partial charge in [0.2, 0.25) is 5.91 Å². The summed E-state index contributed by atoms with van der Waals surface area (Å²) in [6.07, 6.45) is 4.08. The van der Waals surface area contributed by atoms with Gasteiger partial charge >= 0.3 is 5.97 Å². The minimum Gasteiger partial charge on any atom is -0.464 e. The van der Waals surface area contributed by atoms with Crippen LogP contribution in [0.2, 0.25) is 0 Å². The van der Waals surface area contributed by atoms with Crippen LogP contribution in [0.1, 0.15) is 44.6 Å². The normalized spacial score (nSPS) is 16.8. The molecule has 1 N–H and O–H groups in total. The third kappa shape index (κ3) is 4.06. The van der Waals surface area contributed by atoms with Gasteiger partial charge in [0.15, 0.2) is 0 Å². The highest BCUT2D eigenvalue weighted by Crippen LogP contribution is 2.29. The van der Waals surface area contributed by atoms with Gasteiger partial charge in [0, 0.05) is 0 Å². The fourth-order valence-electron chi connectivity index (χ4n) is 2.95. The molecule has 1 aliphatic carbocycles. The summed E-state index contributed by atoms with van der Waals surface area (Å²) in [5.74, 6) is -1.01. The fraction of sp³-hybridized carbons (Fsp3) is 0.529. The van der Waals surface area contributed by atoms with Crippen molar-refractivity contribution in [2.24, 2.45) is 0 Å². The van der Waals surface area contributed by atoms with Crippen molar-refractivity contribution in [1.82, 2.24) is 5.32 Å². The van der Waals surface area contributed by atoms with Crippen molar-refractivity contribution in [2.45, 2.75) is 51.0 Å². The smallest absolute Gasteiger partial charge is 0.331 e. The van der Waals surface area contributed by atoms with E-state index in [1.54, 1.807) is 19.1 Å². The summed E-state index contributed by atoms with van der Waals surface area (Å²) in [7, 11) is 0. The van der Waals surface area contributed by atoms with E-state index in [-0.39, 0.29) is 24.1 Å². The van der Waals surface area contributed by atoms with Gasteiger partial charge in [-0.15, -0.1) is 0 Å². The summed E-state index contributed by atoms with van der Waals surface area (Å²) in [6.45, 7) is 2.04. The number of esters is 1. The SMILES string of the molecule is CCOC(=O)C1(NC(=O)Cc2cccc(F)c2)CCCCC1. The number of amides is 1. The third-order valence-corrected chi connectivity index (χ3v) is 4.01. The predicted molar refractivity (Wildman–Crippen MR) is 80.7 cm³/mol. The number of ether oxygens (including phenoxy) is 1. The zero-order chi connectivity index (χ0) is 16.0. The average molecular weight is 307 g/mol. The molecule has 0 spiro atoms. The van der Waals surface area contributed by atoms with E-state index in [0.717, 1.165) is 19.3 Å².